The SMILES string of the molecule is CC[C@H](CO)n1cc(Br)c2c(N)ncnc21. The van der Waals surface area contributed by atoms with Gasteiger partial charge >= 0.3 is 0 Å². The van der Waals surface area contributed by atoms with Crippen LogP contribution in [0.15, 0.2) is 17.0 Å². The van der Waals surface area contributed by atoms with Gasteiger partial charge in [-0.25, -0.2) is 9.97 Å². The molecule has 2 aromatic rings. The molecule has 2 rings (SSSR count). The first-order valence-electron chi connectivity index (χ1n) is 5.06. The predicted molar refractivity (Wildman–Crippen MR) is 66.1 cm³/mol. The minimum atomic E-state index is 0.0168. The summed E-state index contributed by atoms with van der Waals surface area (Å²) in [6.07, 6.45) is 4.15. The van der Waals surface area contributed by atoms with Crippen LogP contribution in [0.3, 0.4) is 0 Å². The molecular weight excluding hydrogens is 272 g/mol. The van der Waals surface area contributed by atoms with Crippen molar-refractivity contribution in [3.63, 3.8) is 0 Å². The molecule has 86 valence electrons. The number of aromatic nitrogens is 3. The monoisotopic (exact) mass is 284 g/mol. The summed E-state index contributed by atoms with van der Waals surface area (Å²) in [6, 6.07) is 0.0168. The number of fused-ring (bicyclic) bond motifs is 1. The highest BCUT2D eigenvalue weighted by atomic mass is 79.9. The maximum Gasteiger partial charge on any atom is 0.146 e. The van der Waals surface area contributed by atoms with Gasteiger partial charge in [-0.3, -0.25) is 0 Å². The van der Waals surface area contributed by atoms with Crippen molar-refractivity contribution in [1.82, 2.24) is 14.5 Å². The number of hydrogen-bond donors (Lipinski definition) is 2. The second-order valence-corrected chi connectivity index (χ2v) is 4.44. The van der Waals surface area contributed by atoms with Crippen LogP contribution in [0.1, 0.15) is 19.4 Å². The molecule has 0 spiro atoms. The molecule has 6 heteroatoms. The van der Waals surface area contributed by atoms with Crippen molar-refractivity contribution in [2.75, 3.05) is 12.3 Å². The van der Waals surface area contributed by atoms with Gasteiger partial charge in [0.2, 0.25) is 0 Å². The number of nitrogens with two attached hydrogens (primary N) is 1. The van der Waals surface area contributed by atoms with E-state index < -0.39 is 0 Å². The lowest BCUT2D eigenvalue weighted by Crippen LogP contribution is -2.11. The standard InChI is InChI=1S/C10H13BrN4O/c1-2-6(4-16)15-3-7(11)8-9(12)13-5-14-10(8)15/h3,5-6,16H,2,4H2,1H3,(H2,12,13,14)/t6-/m1/s1. The van der Waals surface area contributed by atoms with Crippen molar-refractivity contribution >= 4 is 32.8 Å². The molecule has 0 bridgehead atoms. The summed E-state index contributed by atoms with van der Waals surface area (Å²) >= 11 is 3.43. The Balaban J connectivity index is 2.68. The van der Waals surface area contributed by atoms with E-state index in [-0.39, 0.29) is 12.6 Å². The average Bonchev–Trinajstić information content (AvgIpc) is 2.60. The fourth-order valence-corrected chi connectivity index (χ4v) is 2.36. The van der Waals surface area contributed by atoms with Gasteiger partial charge in [-0.05, 0) is 22.4 Å². The second kappa shape index (κ2) is 4.39. The van der Waals surface area contributed by atoms with Gasteiger partial charge in [0.15, 0.2) is 0 Å². The minimum Gasteiger partial charge on any atom is -0.394 e. The van der Waals surface area contributed by atoms with Crippen LogP contribution in [-0.2, 0) is 0 Å². The first kappa shape index (κ1) is 11.3. The van der Waals surface area contributed by atoms with E-state index in [1.54, 1.807) is 0 Å². The van der Waals surface area contributed by atoms with Crippen molar-refractivity contribution in [3.05, 3.63) is 17.0 Å². The molecule has 0 aliphatic heterocycles. The highest BCUT2D eigenvalue weighted by Crippen LogP contribution is 2.30. The van der Waals surface area contributed by atoms with E-state index in [2.05, 4.69) is 25.9 Å². The van der Waals surface area contributed by atoms with Crippen LogP contribution in [0.5, 0.6) is 0 Å². The van der Waals surface area contributed by atoms with Crippen molar-refractivity contribution in [1.29, 1.82) is 0 Å². The maximum atomic E-state index is 9.31. The van der Waals surface area contributed by atoms with Crippen molar-refractivity contribution in [2.45, 2.75) is 19.4 Å². The number of hydrogen-bond acceptors (Lipinski definition) is 4. The summed E-state index contributed by atoms with van der Waals surface area (Å²) in [5.74, 6) is 0.448. The van der Waals surface area contributed by atoms with Crippen molar-refractivity contribution in [2.24, 2.45) is 0 Å². The van der Waals surface area contributed by atoms with Gasteiger partial charge in [-0.1, -0.05) is 6.92 Å². The Morgan fingerprint density at radius 3 is 2.94 bits per heavy atom. The van der Waals surface area contributed by atoms with Gasteiger partial charge in [0, 0.05) is 10.7 Å². The molecule has 16 heavy (non-hydrogen) atoms. The topological polar surface area (TPSA) is 77.0 Å². The average molecular weight is 285 g/mol. The fraction of sp³-hybridized carbons (Fsp3) is 0.400. The first-order chi connectivity index (χ1) is 7.69. The van der Waals surface area contributed by atoms with E-state index in [9.17, 15) is 5.11 Å². The number of halogens is 1. The van der Waals surface area contributed by atoms with Gasteiger partial charge in [0.25, 0.3) is 0 Å². The fourth-order valence-electron chi connectivity index (χ4n) is 1.75. The molecule has 0 unspecified atom stereocenters. The van der Waals surface area contributed by atoms with Gasteiger partial charge in [-0.2, -0.15) is 0 Å². The van der Waals surface area contributed by atoms with Gasteiger partial charge in [0.05, 0.1) is 18.0 Å². The highest BCUT2D eigenvalue weighted by molar-refractivity contribution is 9.10. The third kappa shape index (κ3) is 1.68. The smallest absolute Gasteiger partial charge is 0.146 e. The largest absolute Gasteiger partial charge is 0.394 e. The quantitative estimate of drug-likeness (QED) is 0.900. The zero-order valence-electron chi connectivity index (χ0n) is 8.89. The molecule has 0 aliphatic rings. The molecule has 1 atom stereocenters. The van der Waals surface area contributed by atoms with E-state index in [1.807, 2.05) is 17.7 Å². The highest BCUT2D eigenvalue weighted by Gasteiger charge is 2.16. The van der Waals surface area contributed by atoms with Crippen LogP contribution in [0, 0.1) is 0 Å². The lowest BCUT2D eigenvalue weighted by molar-refractivity contribution is 0.227. The number of nitrogens with zero attached hydrogens (tertiary/aromatic N) is 3. The molecule has 5 nitrogen and oxygen atoms in total. The first-order valence-corrected chi connectivity index (χ1v) is 5.85. The normalized spacial score (nSPS) is 13.2. The lowest BCUT2D eigenvalue weighted by Gasteiger charge is -2.14. The van der Waals surface area contributed by atoms with E-state index in [0.717, 1.165) is 21.9 Å². The number of nitrogen functional groups attached to an aromatic ring is 1. The Morgan fingerprint density at radius 1 is 1.56 bits per heavy atom. The minimum absolute atomic E-state index is 0.0168. The number of aliphatic hydroxyl groups excluding tert-OH is 1. The molecule has 0 saturated carbocycles. The molecule has 0 aliphatic carbocycles. The molecule has 0 aromatic carbocycles. The zero-order chi connectivity index (χ0) is 11.7. The molecular formula is C10H13BrN4O. The summed E-state index contributed by atoms with van der Waals surface area (Å²) < 4.78 is 2.78. The maximum absolute atomic E-state index is 9.31. The van der Waals surface area contributed by atoms with Crippen molar-refractivity contribution in [3.8, 4) is 0 Å². The Morgan fingerprint density at radius 2 is 2.31 bits per heavy atom. The molecule has 0 amide bonds. The van der Waals surface area contributed by atoms with Crippen molar-refractivity contribution < 1.29 is 5.11 Å². The molecule has 0 radical (unpaired) electrons. The van der Waals surface area contributed by atoms with E-state index in [4.69, 9.17) is 5.73 Å². The third-order valence-electron chi connectivity index (χ3n) is 2.67. The number of aliphatic hydroxyl groups is 1. The van der Waals surface area contributed by atoms with Gasteiger partial charge in [0.1, 0.15) is 17.8 Å². The summed E-state index contributed by atoms with van der Waals surface area (Å²) in [6.45, 7) is 2.10. The number of anilines is 1. The van der Waals surface area contributed by atoms with Crippen LogP contribution >= 0.6 is 15.9 Å². The lowest BCUT2D eigenvalue weighted by atomic mass is 10.2. The summed E-state index contributed by atoms with van der Waals surface area (Å²) in [5.41, 5.74) is 6.55. The molecule has 2 heterocycles. The molecule has 2 aromatic heterocycles. The van der Waals surface area contributed by atoms with Crippen LogP contribution in [0.2, 0.25) is 0 Å². The predicted octanol–water partition coefficient (Wildman–Crippen LogP) is 1.72. The van der Waals surface area contributed by atoms with E-state index in [0.29, 0.717) is 5.82 Å². The van der Waals surface area contributed by atoms with Crippen LogP contribution in [0.25, 0.3) is 11.0 Å². The summed E-state index contributed by atoms with van der Waals surface area (Å²) in [7, 11) is 0. The van der Waals surface area contributed by atoms with E-state index >= 15 is 0 Å². The molecule has 0 saturated heterocycles. The summed E-state index contributed by atoms with van der Waals surface area (Å²) in [4.78, 5) is 8.16. The molecule has 3 N–H and O–H groups in total. The second-order valence-electron chi connectivity index (χ2n) is 3.59. The Hall–Kier alpha value is -1.14. The number of rotatable bonds is 3. The Kier molecular flexibility index (Phi) is 3.11. The Bertz CT molecular complexity index is 507. The molecule has 0 fully saturated rings. The van der Waals surface area contributed by atoms with Crippen LogP contribution in [-0.4, -0.2) is 26.2 Å². The van der Waals surface area contributed by atoms with Gasteiger partial charge in [-0.15, -0.1) is 0 Å². The van der Waals surface area contributed by atoms with Gasteiger partial charge < -0.3 is 15.4 Å². The zero-order valence-corrected chi connectivity index (χ0v) is 10.5. The van der Waals surface area contributed by atoms with Crippen LogP contribution < -0.4 is 5.73 Å². The summed E-state index contributed by atoms with van der Waals surface area (Å²) in [5, 5.41) is 10.1. The third-order valence-corrected chi connectivity index (χ3v) is 3.27. The Labute approximate surface area is 101 Å². The van der Waals surface area contributed by atoms with E-state index in [1.165, 1.54) is 6.33 Å². The van der Waals surface area contributed by atoms with Crippen LogP contribution in [0.4, 0.5) is 5.82 Å².